The van der Waals surface area contributed by atoms with E-state index in [-0.39, 0.29) is 5.91 Å². The molecule has 1 spiro atoms. The quantitative estimate of drug-likeness (QED) is 0.831. The number of alkyl halides is 3. The summed E-state index contributed by atoms with van der Waals surface area (Å²) in [5.74, 6) is 0.0848. The van der Waals surface area contributed by atoms with Gasteiger partial charge in [0.05, 0.1) is 12.0 Å². The molecule has 0 unspecified atom stereocenters. The SMILES string of the molecule is O=C1N(c2ccccc2)CCCC12CCN(CC(F)(F)F)CC2. The largest absolute Gasteiger partial charge is 0.401 e. The van der Waals surface area contributed by atoms with Gasteiger partial charge in [0.2, 0.25) is 5.91 Å². The monoisotopic (exact) mass is 326 g/mol. The molecule has 1 aromatic rings. The Kier molecular flexibility index (Phi) is 4.36. The van der Waals surface area contributed by atoms with Crippen LogP contribution in [0.5, 0.6) is 0 Å². The smallest absolute Gasteiger partial charge is 0.312 e. The van der Waals surface area contributed by atoms with Gasteiger partial charge in [0.1, 0.15) is 0 Å². The van der Waals surface area contributed by atoms with Gasteiger partial charge in [-0.1, -0.05) is 18.2 Å². The second-order valence-corrected chi connectivity index (χ2v) is 6.57. The minimum Gasteiger partial charge on any atom is -0.312 e. The van der Waals surface area contributed by atoms with Crippen LogP contribution in [0, 0.1) is 5.41 Å². The lowest BCUT2D eigenvalue weighted by Gasteiger charge is -2.46. The first kappa shape index (κ1) is 16.3. The Hall–Kier alpha value is -1.56. The lowest BCUT2D eigenvalue weighted by molar-refractivity contribution is -0.153. The summed E-state index contributed by atoms with van der Waals surface area (Å²) in [5.41, 5.74) is 0.408. The molecule has 0 bridgehead atoms. The zero-order chi connectivity index (χ0) is 16.5. The Balaban J connectivity index is 1.70. The fraction of sp³-hybridized carbons (Fsp3) is 0.588. The molecule has 3 nitrogen and oxygen atoms in total. The number of rotatable bonds is 2. The van der Waals surface area contributed by atoms with Crippen molar-refractivity contribution in [2.45, 2.75) is 31.9 Å². The highest BCUT2D eigenvalue weighted by Crippen LogP contribution is 2.42. The highest BCUT2D eigenvalue weighted by molar-refractivity contribution is 5.98. The first-order valence-corrected chi connectivity index (χ1v) is 8.06. The van der Waals surface area contributed by atoms with E-state index in [0.717, 1.165) is 18.5 Å². The normalized spacial score (nSPS) is 22.6. The third-order valence-corrected chi connectivity index (χ3v) is 5.02. The van der Waals surface area contributed by atoms with Crippen molar-refractivity contribution in [1.29, 1.82) is 0 Å². The summed E-state index contributed by atoms with van der Waals surface area (Å²) >= 11 is 0. The minimum absolute atomic E-state index is 0.0848. The van der Waals surface area contributed by atoms with Gasteiger partial charge >= 0.3 is 6.18 Å². The number of likely N-dealkylation sites (tertiary alicyclic amines) is 1. The van der Waals surface area contributed by atoms with Crippen molar-refractivity contribution < 1.29 is 18.0 Å². The topological polar surface area (TPSA) is 23.6 Å². The van der Waals surface area contributed by atoms with Crippen molar-refractivity contribution >= 4 is 11.6 Å². The molecular formula is C17H21F3N2O. The van der Waals surface area contributed by atoms with E-state index >= 15 is 0 Å². The Labute approximate surface area is 134 Å². The van der Waals surface area contributed by atoms with Gasteiger partial charge in [0, 0.05) is 12.2 Å². The van der Waals surface area contributed by atoms with E-state index in [0.29, 0.717) is 32.5 Å². The molecule has 126 valence electrons. The number of hydrogen-bond donors (Lipinski definition) is 0. The van der Waals surface area contributed by atoms with Crippen LogP contribution in [0.4, 0.5) is 18.9 Å². The number of piperidine rings is 2. The van der Waals surface area contributed by atoms with Crippen molar-refractivity contribution in [2.24, 2.45) is 5.41 Å². The average Bonchev–Trinajstić information content (AvgIpc) is 2.52. The summed E-state index contributed by atoms with van der Waals surface area (Å²) in [6, 6.07) is 9.53. The van der Waals surface area contributed by atoms with Crippen LogP contribution in [0.3, 0.4) is 0 Å². The van der Waals surface area contributed by atoms with Gasteiger partial charge in [-0.15, -0.1) is 0 Å². The summed E-state index contributed by atoms with van der Waals surface area (Å²) in [5, 5.41) is 0. The number of para-hydroxylation sites is 1. The standard InChI is InChI=1S/C17H21F3N2O/c18-17(19,20)13-21-11-8-16(9-12-21)7-4-10-22(15(16)23)14-5-2-1-3-6-14/h1-3,5-6H,4,7-13H2. The average molecular weight is 326 g/mol. The van der Waals surface area contributed by atoms with Gasteiger partial charge in [-0.2, -0.15) is 13.2 Å². The van der Waals surface area contributed by atoms with Crippen LogP contribution >= 0.6 is 0 Å². The van der Waals surface area contributed by atoms with Crippen LogP contribution in [0.25, 0.3) is 0 Å². The molecule has 0 atom stereocenters. The van der Waals surface area contributed by atoms with Gasteiger partial charge in [0.15, 0.2) is 0 Å². The summed E-state index contributed by atoms with van der Waals surface area (Å²) in [4.78, 5) is 16.2. The molecule has 2 aliphatic heterocycles. The van der Waals surface area contributed by atoms with Gasteiger partial charge in [0.25, 0.3) is 0 Å². The van der Waals surface area contributed by atoms with E-state index in [4.69, 9.17) is 0 Å². The van der Waals surface area contributed by atoms with Crippen molar-refractivity contribution in [2.75, 3.05) is 31.1 Å². The molecule has 2 heterocycles. The number of hydrogen-bond acceptors (Lipinski definition) is 2. The fourth-order valence-electron chi connectivity index (χ4n) is 3.78. The maximum Gasteiger partial charge on any atom is 0.401 e. The Morgan fingerprint density at radius 1 is 1.00 bits per heavy atom. The minimum atomic E-state index is -4.17. The van der Waals surface area contributed by atoms with Crippen LogP contribution in [0.2, 0.25) is 0 Å². The van der Waals surface area contributed by atoms with Crippen molar-refractivity contribution in [3.05, 3.63) is 30.3 Å². The molecule has 6 heteroatoms. The number of anilines is 1. The number of benzene rings is 1. The van der Waals surface area contributed by atoms with Crippen molar-refractivity contribution in [3.8, 4) is 0 Å². The third-order valence-electron chi connectivity index (χ3n) is 5.02. The highest BCUT2D eigenvalue weighted by atomic mass is 19.4. The first-order chi connectivity index (χ1) is 10.9. The van der Waals surface area contributed by atoms with Crippen LogP contribution in [-0.4, -0.2) is 43.2 Å². The summed E-state index contributed by atoms with van der Waals surface area (Å²) in [6.07, 6.45) is -1.44. The molecule has 0 aromatic heterocycles. The third kappa shape index (κ3) is 3.52. The van der Waals surface area contributed by atoms with Crippen LogP contribution in [-0.2, 0) is 4.79 Å². The van der Waals surface area contributed by atoms with Gasteiger partial charge in [-0.05, 0) is 50.9 Å². The number of carbonyl (C=O) groups excluding carboxylic acids is 1. The molecule has 2 fully saturated rings. The molecule has 0 radical (unpaired) electrons. The van der Waals surface area contributed by atoms with Gasteiger partial charge in [-0.25, -0.2) is 0 Å². The molecule has 1 aromatic carbocycles. The van der Waals surface area contributed by atoms with Crippen molar-refractivity contribution in [1.82, 2.24) is 4.90 Å². The maximum absolute atomic E-state index is 13.0. The molecule has 2 saturated heterocycles. The lowest BCUT2D eigenvalue weighted by Crippen LogP contribution is -2.54. The second kappa shape index (κ2) is 6.15. The number of amides is 1. The molecule has 3 rings (SSSR count). The number of carbonyl (C=O) groups is 1. The predicted octanol–water partition coefficient (Wildman–Crippen LogP) is 3.46. The van der Waals surface area contributed by atoms with E-state index in [2.05, 4.69) is 0 Å². The number of halogens is 3. The fourth-order valence-corrected chi connectivity index (χ4v) is 3.78. The van der Waals surface area contributed by atoms with Gasteiger partial charge < -0.3 is 4.90 Å². The summed E-state index contributed by atoms with van der Waals surface area (Å²) in [7, 11) is 0. The van der Waals surface area contributed by atoms with Crippen LogP contribution in [0.15, 0.2) is 30.3 Å². The van der Waals surface area contributed by atoms with Crippen molar-refractivity contribution in [3.63, 3.8) is 0 Å². The second-order valence-electron chi connectivity index (χ2n) is 6.57. The van der Waals surface area contributed by atoms with Crippen LogP contribution in [0.1, 0.15) is 25.7 Å². The summed E-state index contributed by atoms with van der Waals surface area (Å²) < 4.78 is 37.6. The molecule has 2 aliphatic rings. The predicted molar refractivity (Wildman–Crippen MR) is 82.2 cm³/mol. The van der Waals surface area contributed by atoms with E-state index in [1.807, 2.05) is 35.2 Å². The molecule has 0 saturated carbocycles. The highest BCUT2D eigenvalue weighted by Gasteiger charge is 2.47. The first-order valence-electron chi connectivity index (χ1n) is 8.06. The Bertz CT molecular complexity index is 551. The Morgan fingerprint density at radius 3 is 2.26 bits per heavy atom. The molecule has 23 heavy (non-hydrogen) atoms. The number of nitrogens with zero attached hydrogens (tertiary/aromatic N) is 2. The van der Waals surface area contributed by atoms with Crippen LogP contribution < -0.4 is 4.90 Å². The van der Waals surface area contributed by atoms with E-state index < -0.39 is 18.1 Å². The van der Waals surface area contributed by atoms with E-state index in [1.165, 1.54) is 4.90 Å². The van der Waals surface area contributed by atoms with Gasteiger partial charge in [-0.3, -0.25) is 9.69 Å². The lowest BCUT2D eigenvalue weighted by atomic mass is 9.71. The van der Waals surface area contributed by atoms with E-state index in [1.54, 1.807) is 0 Å². The molecule has 0 aliphatic carbocycles. The van der Waals surface area contributed by atoms with E-state index in [9.17, 15) is 18.0 Å². The Morgan fingerprint density at radius 2 is 1.65 bits per heavy atom. The summed E-state index contributed by atoms with van der Waals surface area (Å²) in [6.45, 7) is 0.498. The molecule has 1 amide bonds. The molecular weight excluding hydrogens is 305 g/mol. The zero-order valence-corrected chi connectivity index (χ0v) is 13.0. The molecule has 0 N–H and O–H groups in total. The maximum atomic E-state index is 13.0. The zero-order valence-electron chi connectivity index (χ0n) is 13.0.